The van der Waals surface area contributed by atoms with E-state index in [1.807, 2.05) is 0 Å². The van der Waals surface area contributed by atoms with Crippen molar-refractivity contribution in [2.45, 2.75) is 12.5 Å². The van der Waals surface area contributed by atoms with Crippen LogP contribution in [0.3, 0.4) is 0 Å². The van der Waals surface area contributed by atoms with Gasteiger partial charge in [0.25, 0.3) is 0 Å². The smallest absolute Gasteiger partial charge is 0.224 e. The Morgan fingerprint density at radius 1 is 1.53 bits per heavy atom. The molecule has 1 atom stereocenters. The Hall–Kier alpha value is -1.93. The summed E-state index contributed by atoms with van der Waals surface area (Å²) in [6.07, 6.45) is 1.56. The van der Waals surface area contributed by atoms with Crippen molar-refractivity contribution >= 4 is 22.8 Å². The normalized spacial score (nSPS) is 14.8. The summed E-state index contributed by atoms with van der Waals surface area (Å²) < 4.78 is 0. The monoisotopic (exact) mass is 238 g/mol. The molecule has 0 aliphatic carbocycles. The van der Waals surface area contributed by atoms with Gasteiger partial charge >= 0.3 is 0 Å². The lowest BCUT2D eigenvalue weighted by Crippen LogP contribution is -2.37. The lowest BCUT2D eigenvalue weighted by molar-refractivity contribution is 0.0132. The van der Waals surface area contributed by atoms with E-state index in [-0.39, 0.29) is 19.1 Å². The highest BCUT2D eigenvalue weighted by atomic mass is 16.3. The molecule has 2 aromatic rings. The number of aromatic amines is 1. The number of anilines is 2. The predicted molar refractivity (Wildman–Crippen MR) is 62.3 cm³/mol. The first-order valence-corrected chi connectivity index (χ1v) is 5.05. The maximum atomic E-state index is 9.67. The number of nitrogen functional groups attached to an aromatic ring is 1. The Morgan fingerprint density at radius 2 is 2.29 bits per heavy atom. The van der Waals surface area contributed by atoms with Crippen LogP contribution in [0.15, 0.2) is 6.20 Å². The van der Waals surface area contributed by atoms with Gasteiger partial charge in [0.15, 0.2) is 5.65 Å². The van der Waals surface area contributed by atoms with E-state index in [1.54, 1.807) is 6.20 Å². The lowest BCUT2D eigenvalue weighted by Gasteiger charge is -2.21. The van der Waals surface area contributed by atoms with E-state index in [0.29, 0.717) is 16.9 Å². The molecule has 8 nitrogen and oxygen atoms in total. The van der Waals surface area contributed by atoms with Crippen molar-refractivity contribution in [1.29, 1.82) is 0 Å². The van der Waals surface area contributed by atoms with Gasteiger partial charge in [0.1, 0.15) is 11.4 Å². The van der Waals surface area contributed by atoms with Crippen molar-refractivity contribution < 1.29 is 10.2 Å². The van der Waals surface area contributed by atoms with E-state index in [4.69, 9.17) is 10.8 Å². The molecule has 0 aromatic carbocycles. The minimum Gasteiger partial charge on any atom is -0.393 e. The largest absolute Gasteiger partial charge is 0.393 e. The molecule has 0 saturated carbocycles. The van der Waals surface area contributed by atoms with Gasteiger partial charge < -0.3 is 21.3 Å². The summed E-state index contributed by atoms with van der Waals surface area (Å²) in [7, 11) is 0. The summed E-state index contributed by atoms with van der Waals surface area (Å²) in [4.78, 5) is 7.97. The zero-order valence-corrected chi connectivity index (χ0v) is 9.30. The number of aliphatic hydroxyl groups is 2. The van der Waals surface area contributed by atoms with Crippen LogP contribution in [0.4, 0.5) is 11.8 Å². The molecule has 2 aromatic heterocycles. The van der Waals surface area contributed by atoms with Crippen LogP contribution in [-0.4, -0.2) is 49.1 Å². The fourth-order valence-corrected chi connectivity index (χ4v) is 1.32. The fourth-order valence-electron chi connectivity index (χ4n) is 1.32. The third-order valence-electron chi connectivity index (χ3n) is 2.30. The topological polar surface area (TPSA) is 133 Å². The van der Waals surface area contributed by atoms with E-state index >= 15 is 0 Å². The number of H-pyrrole nitrogens is 1. The van der Waals surface area contributed by atoms with Crippen molar-refractivity contribution in [3.63, 3.8) is 0 Å². The quantitative estimate of drug-likeness (QED) is 0.465. The SMILES string of the molecule is CC(O)(CO)CNc1nc(N)nc2[nH]ncc12. The van der Waals surface area contributed by atoms with Gasteiger partial charge in [0, 0.05) is 6.54 Å². The Morgan fingerprint density at radius 3 is 3.00 bits per heavy atom. The van der Waals surface area contributed by atoms with Gasteiger partial charge in [-0.1, -0.05) is 0 Å². The first-order chi connectivity index (χ1) is 8.02. The van der Waals surface area contributed by atoms with E-state index in [2.05, 4.69) is 25.5 Å². The van der Waals surface area contributed by atoms with Gasteiger partial charge in [0.05, 0.1) is 18.2 Å². The lowest BCUT2D eigenvalue weighted by atomic mass is 10.1. The highest BCUT2D eigenvalue weighted by Gasteiger charge is 2.19. The number of nitrogens with one attached hydrogen (secondary N) is 2. The van der Waals surface area contributed by atoms with Crippen LogP contribution in [0, 0.1) is 0 Å². The molecule has 0 aliphatic heterocycles. The fraction of sp³-hybridized carbons (Fsp3) is 0.444. The molecule has 2 rings (SSSR count). The van der Waals surface area contributed by atoms with Crippen LogP contribution in [0.25, 0.3) is 11.0 Å². The van der Waals surface area contributed by atoms with Crippen molar-refractivity contribution in [3.05, 3.63) is 6.20 Å². The molecule has 0 spiro atoms. The maximum Gasteiger partial charge on any atom is 0.224 e. The molecule has 1 unspecified atom stereocenters. The molecule has 8 heteroatoms. The zero-order valence-electron chi connectivity index (χ0n) is 9.30. The van der Waals surface area contributed by atoms with E-state index in [1.165, 1.54) is 6.92 Å². The van der Waals surface area contributed by atoms with Crippen LogP contribution >= 0.6 is 0 Å². The van der Waals surface area contributed by atoms with Crippen molar-refractivity contribution in [1.82, 2.24) is 20.2 Å². The zero-order chi connectivity index (χ0) is 12.5. The summed E-state index contributed by atoms with van der Waals surface area (Å²) in [5.41, 5.74) is 4.82. The maximum absolute atomic E-state index is 9.67. The molecular weight excluding hydrogens is 224 g/mol. The second kappa shape index (κ2) is 4.15. The summed E-state index contributed by atoms with van der Waals surface area (Å²) >= 11 is 0. The van der Waals surface area contributed by atoms with Crippen LogP contribution in [0.5, 0.6) is 0 Å². The Bertz CT molecular complexity index is 523. The molecule has 2 heterocycles. The summed E-state index contributed by atoms with van der Waals surface area (Å²) in [5, 5.41) is 28.7. The number of nitrogens with two attached hydrogens (primary N) is 1. The van der Waals surface area contributed by atoms with Gasteiger partial charge in [-0.25, -0.2) is 0 Å². The minimum absolute atomic E-state index is 0.105. The average Bonchev–Trinajstić information content (AvgIpc) is 2.73. The molecule has 17 heavy (non-hydrogen) atoms. The molecule has 0 bridgehead atoms. The Balaban J connectivity index is 2.26. The van der Waals surface area contributed by atoms with Gasteiger partial charge in [0.2, 0.25) is 5.95 Å². The number of fused-ring (bicyclic) bond motifs is 1. The number of nitrogens with zero attached hydrogens (tertiary/aromatic N) is 3. The highest BCUT2D eigenvalue weighted by molar-refractivity contribution is 5.86. The number of aromatic nitrogens is 4. The van der Waals surface area contributed by atoms with Crippen LogP contribution in [0.2, 0.25) is 0 Å². The van der Waals surface area contributed by atoms with Crippen LogP contribution in [-0.2, 0) is 0 Å². The molecular formula is C9H14N6O2. The molecule has 0 radical (unpaired) electrons. The van der Waals surface area contributed by atoms with Crippen LogP contribution < -0.4 is 11.1 Å². The minimum atomic E-state index is -1.23. The molecule has 0 amide bonds. The van der Waals surface area contributed by atoms with Crippen LogP contribution in [0.1, 0.15) is 6.92 Å². The Kier molecular flexibility index (Phi) is 2.82. The number of hydrogen-bond donors (Lipinski definition) is 5. The summed E-state index contributed by atoms with van der Waals surface area (Å²) in [6.45, 7) is 1.30. The summed E-state index contributed by atoms with van der Waals surface area (Å²) in [5.74, 6) is 0.572. The number of hydrogen-bond acceptors (Lipinski definition) is 7. The van der Waals surface area contributed by atoms with Gasteiger partial charge in [-0.2, -0.15) is 15.1 Å². The van der Waals surface area contributed by atoms with E-state index in [0.717, 1.165) is 0 Å². The van der Waals surface area contributed by atoms with Crippen molar-refractivity contribution in [2.24, 2.45) is 0 Å². The molecule has 92 valence electrons. The molecule has 0 aliphatic rings. The standard InChI is InChI=1S/C9H14N6O2/c1-9(17,4-16)3-11-6-5-2-12-15-7(5)14-8(10)13-6/h2,16-17H,3-4H2,1H3,(H4,10,11,12,13,14,15). The molecule has 0 saturated heterocycles. The number of aliphatic hydroxyl groups excluding tert-OH is 1. The molecule has 0 fully saturated rings. The Labute approximate surface area is 96.9 Å². The van der Waals surface area contributed by atoms with Gasteiger partial charge in [-0.05, 0) is 6.92 Å². The second-order valence-electron chi connectivity index (χ2n) is 4.07. The first kappa shape index (κ1) is 11.6. The highest BCUT2D eigenvalue weighted by Crippen LogP contribution is 2.19. The predicted octanol–water partition coefficient (Wildman–Crippen LogP) is -0.910. The molecule has 6 N–H and O–H groups in total. The third-order valence-corrected chi connectivity index (χ3v) is 2.30. The number of rotatable bonds is 4. The van der Waals surface area contributed by atoms with Crippen molar-refractivity contribution in [3.8, 4) is 0 Å². The first-order valence-electron chi connectivity index (χ1n) is 5.05. The van der Waals surface area contributed by atoms with Crippen molar-refractivity contribution in [2.75, 3.05) is 24.2 Å². The second-order valence-corrected chi connectivity index (χ2v) is 4.07. The van der Waals surface area contributed by atoms with Gasteiger partial charge in [-0.3, -0.25) is 5.10 Å². The van der Waals surface area contributed by atoms with E-state index < -0.39 is 5.60 Å². The third kappa shape index (κ3) is 2.43. The van der Waals surface area contributed by atoms with E-state index in [9.17, 15) is 5.11 Å². The van der Waals surface area contributed by atoms with Gasteiger partial charge in [-0.15, -0.1) is 0 Å². The summed E-state index contributed by atoms with van der Waals surface area (Å²) in [6, 6.07) is 0. The average molecular weight is 238 g/mol.